The van der Waals surface area contributed by atoms with Crippen molar-refractivity contribution in [3.8, 4) is 6.07 Å². The third kappa shape index (κ3) is 4.24. The maximum Gasteiger partial charge on any atom is 0.244 e. The van der Waals surface area contributed by atoms with E-state index in [1.54, 1.807) is 24.3 Å². The topological polar surface area (TPSA) is 73.2 Å². The van der Waals surface area contributed by atoms with Crippen LogP contribution in [0.4, 0.5) is 11.4 Å². The molecule has 2 rings (SSSR count). The summed E-state index contributed by atoms with van der Waals surface area (Å²) in [7, 11) is 0. The van der Waals surface area contributed by atoms with Gasteiger partial charge in [-0.25, -0.2) is 0 Å². The SMILES string of the molecule is CC(=O)N(CC(=O)Nc1ccccc1C#N)c1c(C)cc(C)cc1C. The van der Waals surface area contributed by atoms with Crippen molar-refractivity contribution in [2.45, 2.75) is 27.7 Å². The Morgan fingerprint density at radius 2 is 1.72 bits per heavy atom. The molecule has 2 aromatic carbocycles. The van der Waals surface area contributed by atoms with Gasteiger partial charge in [-0.15, -0.1) is 0 Å². The van der Waals surface area contributed by atoms with Crippen LogP contribution in [0, 0.1) is 32.1 Å². The molecule has 0 aromatic heterocycles. The van der Waals surface area contributed by atoms with Crippen LogP contribution < -0.4 is 10.2 Å². The van der Waals surface area contributed by atoms with Crippen LogP contribution in [0.2, 0.25) is 0 Å². The Labute approximate surface area is 147 Å². The fourth-order valence-electron chi connectivity index (χ4n) is 2.97. The molecule has 0 radical (unpaired) electrons. The number of nitriles is 1. The molecule has 2 aromatic rings. The van der Waals surface area contributed by atoms with E-state index in [0.29, 0.717) is 11.3 Å². The van der Waals surface area contributed by atoms with Crippen LogP contribution in [0.25, 0.3) is 0 Å². The van der Waals surface area contributed by atoms with Gasteiger partial charge in [0.1, 0.15) is 12.6 Å². The van der Waals surface area contributed by atoms with Gasteiger partial charge in [0.15, 0.2) is 0 Å². The third-order valence-corrected chi connectivity index (χ3v) is 3.91. The number of carbonyl (C=O) groups excluding carboxylic acids is 2. The highest BCUT2D eigenvalue weighted by molar-refractivity contribution is 6.03. The molecule has 0 unspecified atom stereocenters. The lowest BCUT2D eigenvalue weighted by atomic mass is 10.0. The van der Waals surface area contributed by atoms with E-state index in [0.717, 1.165) is 22.4 Å². The van der Waals surface area contributed by atoms with Crippen molar-refractivity contribution in [2.75, 3.05) is 16.8 Å². The minimum atomic E-state index is -0.350. The Morgan fingerprint density at radius 1 is 1.12 bits per heavy atom. The molecule has 1 N–H and O–H groups in total. The van der Waals surface area contributed by atoms with Crippen molar-refractivity contribution in [3.05, 3.63) is 58.7 Å². The van der Waals surface area contributed by atoms with Crippen LogP contribution in [0.3, 0.4) is 0 Å². The molecule has 0 heterocycles. The molecule has 0 aliphatic carbocycles. The van der Waals surface area contributed by atoms with Gasteiger partial charge in [0.25, 0.3) is 0 Å². The molecule has 0 saturated heterocycles. The van der Waals surface area contributed by atoms with Crippen molar-refractivity contribution in [1.82, 2.24) is 0 Å². The van der Waals surface area contributed by atoms with Crippen molar-refractivity contribution in [3.63, 3.8) is 0 Å². The van der Waals surface area contributed by atoms with Gasteiger partial charge in [0, 0.05) is 6.92 Å². The largest absolute Gasteiger partial charge is 0.323 e. The summed E-state index contributed by atoms with van der Waals surface area (Å²) in [5.41, 5.74) is 4.57. The zero-order valence-electron chi connectivity index (χ0n) is 14.9. The summed E-state index contributed by atoms with van der Waals surface area (Å²) >= 11 is 0. The maximum atomic E-state index is 12.4. The summed E-state index contributed by atoms with van der Waals surface area (Å²) in [6.07, 6.45) is 0. The Morgan fingerprint density at radius 3 is 2.28 bits per heavy atom. The maximum absolute atomic E-state index is 12.4. The lowest BCUT2D eigenvalue weighted by Gasteiger charge is -2.25. The minimum Gasteiger partial charge on any atom is -0.323 e. The molecule has 0 atom stereocenters. The average molecular weight is 335 g/mol. The van der Waals surface area contributed by atoms with Crippen LogP contribution >= 0.6 is 0 Å². The zero-order chi connectivity index (χ0) is 18.6. The molecular formula is C20H21N3O2. The zero-order valence-corrected chi connectivity index (χ0v) is 14.9. The van der Waals surface area contributed by atoms with E-state index in [1.165, 1.54) is 11.8 Å². The first-order valence-electron chi connectivity index (χ1n) is 7.98. The van der Waals surface area contributed by atoms with E-state index < -0.39 is 0 Å². The fraction of sp³-hybridized carbons (Fsp3) is 0.250. The molecule has 0 aliphatic heterocycles. The number of rotatable bonds is 4. The number of hydrogen-bond acceptors (Lipinski definition) is 3. The molecule has 25 heavy (non-hydrogen) atoms. The van der Waals surface area contributed by atoms with Crippen LogP contribution in [0.5, 0.6) is 0 Å². The fourth-order valence-corrected chi connectivity index (χ4v) is 2.97. The molecular weight excluding hydrogens is 314 g/mol. The first kappa shape index (κ1) is 18.2. The van der Waals surface area contributed by atoms with E-state index >= 15 is 0 Å². The Bertz CT molecular complexity index is 842. The molecule has 128 valence electrons. The third-order valence-electron chi connectivity index (χ3n) is 3.91. The summed E-state index contributed by atoms with van der Waals surface area (Å²) in [5, 5.41) is 11.8. The summed E-state index contributed by atoms with van der Waals surface area (Å²) in [4.78, 5) is 26.0. The van der Waals surface area contributed by atoms with Gasteiger partial charge >= 0.3 is 0 Å². The van der Waals surface area contributed by atoms with Crippen molar-refractivity contribution in [2.24, 2.45) is 0 Å². The van der Waals surface area contributed by atoms with Crippen LogP contribution in [0.15, 0.2) is 36.4 Å². The van der Waals surface area contributed by atoms with Gasteiger partial charge in [-0.2, -0.15) is 5.26 Å². The standard InChI is InChI=1S/C20H21N3O2/c1-13-9-14(2)20(15(3)10-13)23(16(4)24)12-19(25)22-18-8-6-5-7-17(18)11-21/h5-10H,12H2,1-4H3,(H,22,25). The molecule has 0 spiro atoms. The first-order chi connectivity index (χ1) is 11.8. The number of nitrogens with zero attached hydrogens (tertiary/aromatic N) is 2. The summed E-state index contributed by atoms with van der Waals surface area (Å²) in [6, 6.07) is 12.8. The molecule has 0 aliphatic rings. The summed E-state index contributed by atoms with van der Waals surface area (Å²) in [5.74, 6) is -0.559. The summed E-state index contributed by atoms with van der Waals surface area (Å²) in [6.45, 7) is 7.17. The van der Waals surface area contributed by atoms with E-state index in [-0.39, 0.29) is 18.4 Å². The number of para-hydroxylation sites is 1. The Balaban J connectivity index is 2.27. The highest BCUT2D eigenvalue weighted by Crippen LogP contribution is 2.26. The van der Waals surface area contributed by atoms with Crippen molar-refractivity contribution < 1.29 is 9.59 Å². The van der Waals surface area contributed by atoms with E-state index in [2.05, 4.69) is 5.32 Å². The second-order valence-corrected chi connectivity index (χ2v) is 6.06. The molecule has 0 bridgehead atoms. The molecule has 0 saturated carbocycles. The van der Waals surface area contributed by atoms with Crippen LogP contribution in [0.1, 0.15) is 29.2 Å². The van der Waals surface area contributed by atoms with Gasteiger partial charge in [-0.3, -0.25) is 9.59 Å². The number of aryl methyl sites for hydroxylation is 3. The normalized spacial score (nSPS) is 10.0. The second-order valence-electron chi connectivity index (χ2n) is 6.06. The van der Waals surface area contributed by atoms with Crippen LogP contribution in [-0.2, 0) is 9.59 Å². The number of hydrogen-bond donors (Lipinski definition) is 1. The second kappa shape index (κ2) is 7.63. The molecule has 2 amide bonds. The van der Waals surface area contributed by atoms with Crippen molar-refractivity contribution >= 4 is 23.2 Å². The molecule has 5 nitrogen and oxygen atoms in total. The number of benzene rings is 2. The van der Waals surface area contributed by atoms with Gasteiger partial charge < -0.3 is 10.2 Å². The van der Waals surface area contributed by atoms with E-state index in [9.17, 15) is 9.59 Å². The Kier molecular flexibility index (Phi) is 5.56. The van der Waals surface area contributed by atoms with Gasteiger partial charge in [0.05, 0.1) is 16.9 Å². The predicted molar refractivity (Wildman–Crippen MR) is 98.5 cm³/mol. The molecule has 5 heteroatoms. The van der Waals surface area contributed by atoms with Crippen LogP contribution in [-0.4, -0.2) is 18.4 Å². The number of amides is 2. The quantitative estimate of drug-likeness (QED) is 0.929. The smallest absolute Gasteiger partial charge is 0.244 e. The number of carbonyl (C=O) groups is 2. The lowest BCUT2D eigenvalue weighted by molar-refractivity contribution is -0.120. The van der Waals surface area contributed by atoms with Crippen molar-refractivity contribution in [1.29, 1.82) is 5.26 Å². The van der Waals surface area contributed by atoms with Gasteiger partial charge in [-0.1, -0.05) is 29.8 Å². The summed E-state index contributed by atoms with van der Waals surface area (Å²) < 4.78 is 0. The molecule has 0 fully saturated rings. The predicted octanol–water partition coefficient (Wildman–Crippen LogP) is 3.48. The van der Waals surface area contributed by atoms with E-state index in [1.807, 2.05) is 39.0 Å². The first-order valence-corrected chi connectivity index (χ1v) is 7.98. The van der Waals surface area contributed by atoms with E-state index in [4.69, 9.17) is 5.26 Å². The van der Waals surface area contributed by atoms with Gasteiger partial charge in [-0.05, 0) is 44.0 Å². The Hall–Kier alpha value is -3.13. The average Bonchev–Trinajstić information content (AvgIpc) is 2.53. The lowest BCUT2D eigenvalue weighted by Crippen LogP contribution is -2.37. The van der Waals surface area contributed by atoms with Gasteiger partial charge in [0.2, 0.25) is 11.8 Å². The highest BCUT2D eigenvalue weighted by atomic mass is 16.2. The minimum absolute atomic E-state index is 0.111. The number of nitrogens with one attached hydrogen (secondary N) is 1. The monoisotopic (exact) mass is 335 g/mol. The number of anilines is 2. The highest BCUT2D eigenvalue weighted by Gasteiger charge is 2.20.